The van der Waals surface area contributed by atoms with Crippen molar-refractivity contribution < 1.29 is 10.0 Å². The molecule has 4 nitrogen and oxygen atoms in total. The van der Waals surface area contributed by atoms with Gasteiger partial charge < -0.3 is 5.73 Å². The lowest BCUT2D eigenvalue weighted by Gasteiger charge is -2.02. The van der Waals surface area contributed by atoms with Gasteiger partial charge in [-0.25, -0.2) is 0 Å². The van der Waals surface area contributed by atoms with Crippen LogP contribution >= 0.6 is 0 Å². The maximum Gasteiger partial charge on any atom is 0.250 e. The zero-order valence-electron chi connectivity index (χ0n) is 5.74. The second-order valence-corrected chi connectivity index (χ2v) is 2.02. The van der Waals surface area contributed by atoms with Crippen LogP contribution in [0.15, 0.2) is 24.3 Å². The van der Waals surface area contributed by atoms with E-state index in [2.05, 4.69) is 0 Å². The number of carbonyl (C=O) groups excluding carboxylic acids is 1. The third kappa shape index (κ3) is 1.47. The highest BCUT2D eigenvalue weighted by atomic mass is 16.5. The number of rotatable bonds is 2. The molecule has 0 bridgehead atoms. The molecule has 0 radical (unpaired) electrons. The van der Waals surface area contributed by atoms with Gasteiger partial charge in [0.1, 0.15) is 0 Å². The van der Waals surface area contributed by atoms with E-state index in [4.69, 9.17) is 10.9 Å². The quantitative estimate of drug-likeness (QED) is 0.543. The molecule has 0 aliphatic carbocycles. The van der Waals surface area contributed by atoms with E-state index in [9.17, 15) is 4.79 Å². The Balaban J connectivity index is 3.12. The largest absolute Gasteiger partial charge is 0.366 e. The number of benzene rings is 1. The van der Waals surface area contributed by atoms with Crippen molar-refractivity contribution in [3.8, 4) is 0 Å². The van der Waals surface area contributed by atoms with E-state index in [1.54, 1.807) is 18.2 Å². The van der Waals surface area contributed by atoms with Gasteiger partial charge >= 0.3 is 0 Å². The molecule has 11 heavy (non-hydrogen) atoms. The van der Waals surface area contributed by atoms with Crippen molar-refractivity contribution in [1.29, 1.82) is 0 Å². The average molecular weight is 152 g/mol. The Hall–Kier alpha value is -1.55. The van der Waals surface area contributed by atoms with Crippen LogP contribution in [0.1, 0.15) is 10.4 Å². The lowest BCUT2D eigenvalue weighted by Crippen LogP contribution is -2.13. The molecule has 4 heteroatoms. The molecule has 0 fully saturated rings. The van der Waals surface area contributed by atoms with Crippen molar-refractivity contribution in [2.45, 2.75) is 0 Å². The highest BCUT2D eigenvalue weighted by Gasteiger charge is 2.04. The fourth-order valence-corrected chi connectivity index (χ4v) is 0.795. The fraction of sp³-hybridized carbons (Fsp3) is 0. The van der Waals surface area contributed by atoms with Gasteiger partial charge in [0.2, 0.25) is 0 Å². The van der Waals surface area contributed by atoms with Crippen molar-refractivity contribution in [2.24, 2.45) is 5.73 Å². The highest BCUT2D eigenvalue weighted by molar-refractivity contribution is 5.98. The first-order valence-electron chi connectivity index (χ1n) is 3.04. The number of carbonyl (C=O) groups is 1. The zero-order valence-corrected chi connectivity index (χ0v) is 5.74. The Morgan fingerprint density at radius 1 is 1.45 bits per heavy atom. The predicted octanol–water partition coefficient (Wildman–Crippen LogP) is 0.587. The number of nitrogens with one attached hydrogen (secondary N) is 1. The molecule has 0 aliphatic heterocycles. The van der Waals surface area contributed by atoms with Crippen molar-refractivity contribution >= 4 is 11.6 Å². The van der Waals surface area contributed by atoms with Crippen LogP contribution in [-0.2, 0) is 0 Å². The Labute approximate surface area is 63.6 Å². The summed E-state index contributed by atoms with van der Waals surface area (Å²) in [6, 6.07) is 6.44. The number of hydrogen-bond acceptors (Lipinski definition) is 3. The summed E-state index contributed by atoms with van der Waals surface area (Å²) in [5, 5.41) is 8.51. The maximum absolute atomic E-state index is 10.7. The summed E-state index contributed by atoms with van der Waals surface area (Å²) < 4.78 is 0. The van der Waals surface area contributed by atoms with E-state index in [0.29, 0.717) is 5.69 Å². The molecule has 0 saturated carbocycles. The SMILES string of the molecule is NC(=O)c1ccccc1NO. The van der Waals surface area contributed by atoms with Crippen LogP contribution in [0, 0.1) is 0 Å². The molecule has 1 aromatic carbocycles. The van der Waals surface area contributed by atoms with Gasteiger partial charge in [-0.3, -0.25) is 15.5 Å². The second-order valence-electron chi connectivity index (χ2n) is 2.02. The molecule has 0 aliphatic rings. The zero-order chi connectivity index (χ0) is 8.27. The number of anilines is 1. The number of nitrogens with two attached hydrogens (primary N) is 1. The van der Waals surface area contributed by atoms with Gasteiger partial charge in [-0.1, -0.05) is 12.1 Å². The van der Waals surface area contributed by atoms with Crippen LogP contribution in [0.4, 0.5) is 5.69 Å². The highest BCUT2D eigenvalue weighted by Crippen LogP contribution is 2.12. The lowest BCUT2D eigenvalue weighted by atomic mass is 10.2. The molecule has 58 valence electrons. The maximum atomic E-state index is 10.7. The molecule has 0 heterocycles. The summed E-state index contributed by atoms with van der Waals surface area (Å²) in [5.41, 5.74) is 7.47. The van der Waals surface area contributed by atoms with Gasteiger partial charge in [0.05, 0.1) is 11.3 Å². The third-order valence-electron chi connectivity index (χ3n) is 1.31. The topological polar surface area (TPSA) is 75.4 Å². The van der Waals surface area contributed by atoms with Crippen LogP contribution in [-0.4, -0.2) is 11.1 Å². The van der Waals surface area contributed by atoms with Gasteiger partial charge in [-0.15, -0.1) is 0 Å². The van der Waals surface area contributed by atoms with E-state index in [1.165, 1.54) is 6.07 Å². The summed E-state index contributed by atoms with van der Waals surface area (Å²) in [4.78, 5) is 10.7. The van der Waals surface area contributed by atoms with Gasteiger partial charge in [0.25, 0.3) is 5.91 Å². The first-order valence-corrected chi connectivity index (χ1v) is 3.04. The van der Waals surface area contributed by atoms with Gasteiger partial charge in [0, 0.05) is 0 Å². The minimum Gasteiger partial charge on any atom is -0.366 e. The number of amides is 1. The molecule has 1 aromatic rings. The Bertz CT molecular complexity index is 273. The first kappa shape index (κ1) is 7.56. The molecule has 0 unspecified atom stereocenters. The monoisotopic (exact) mass is 152 g/mol. The number of hydrogen-bond donors (Lipinski definition) is 3. The summed E-state index contributed by atoms with van der Waals surface area (Å²) in [7, 11) is 0. The Morgan fingerprint density at radius 3 is 2.55 bits per heavy atom. The van der Waals surface area contributed by atoms with E-state index in [1.807, 2.05) is 5.48 Å². The molecule has 0 spiro atoms. The summed E-state index contributed by atoms with van der Waals surface area (Å²) in [5.74, 6) is -0.567. The van der Waals surface area contributed by atoms with Crippen LogP contribution in [0.25, 0.3) is 0 Å². The predicted molar refractivity (Wildman–Crippen MR) is 40.4 cm³/mol. The van der Waals surface area contributed by atoms with E-state index in [0.717, 1.165) is 0 Å². The van der Waals surface area contributed by atoms with Crippen molar-refractivity contribution in [3.63, 3.8) is 0 Å². The molecule has 0 aromatic heterocycles. The van der Waals surface area contributed by atoms with Gasteiger partial charge in [-0.05, 0) is 12.1 Å². The van der Waals surface area contributed by atoms with Crippen molar-refractivity contribution in [2.75, 3.05) is 5.48 Å². The molecule has 0 atom stereocenters. The van der Waals surface area contributed by atoms with Crippen molar-refractivity contribution in [1.82, 2.24) is 0 Å². The minimum atomic E-state index is -0.567. The minimum absolute atomic E-state index is 0.273. The molecule has 4 N–H and O–H groups in total. The third-order valence-corrected chi connectivity index (χ3v) is 1.31. The summed E-state index contributed by atoms with van der Waals surface area (Å²) in [6.45, 7) is 0. The molecule has 0 saturated heterocycles. The smallest absolute Gasteiger partial charge is 0.250 e. The van der Waals surface area contributed by atoms with Crippen LogP contribution in [0.2, 0.25) is 0 Å². The lowest BCUT2D eigenvalue weighted by molar-refractivity contribution is 0.100. The standard InChI is InChI=1S/C7H8N2O2/c8-7(10)5-3-1-2-4-6(5)9-11/h1-4,9,11H,(H2,8,10). The Kier molecular flexibility index (Phi) is 2.08. The fourth-order valence-electron chi connectivity index (χ4n) is 0.795. The first-order chi connectivity index (χ1) is 5.25. The van der Waals surface area contributed by atoms with Crippen LogP contribution in [0.5, 0.6) is 0 Å². The molecule has 1 rings (SSSR count). The van der Waals surface area contributed by atoms with Gasteiger partial charge in [0.15, 0.2) is 0 Å². The number of primary amides is 1. The van der Waals surface area contributed by atoms with E-state index < -0.39 is 5.91 Å². The molecular weight excluding hydrogens is 144 g/mol. The van der Waals surface area contributed by atoms with E-state index >= 15 is 0 Å². The van der Waals surface area contributed by atoms with E-state index in [-0.39, 0.29) is 5.56 Å². The normalized spacial score (nSPS) is 9.18. The second kappa shape index (κ2) is 3.03. The Morgan fingerprint density at radius 2 is 2.09 bits per heavy atom. The number of para-hydroxylation sites is 1. The van der Waals surface area contributed by atoms with Crippen LogP contribution in [0.3, 0.4) is 0 Å². The molecule has 1 amide bonds. The summed E-state index contributed by atoms with van der Waals surface area (Å²) >= 11 is 0. The van der Waals surface area contributed by atoms with Crippen LogP contribution < -0.4 is 11.2 Å². The summed E-state index contributed by atoms with van der Waals surface area (Å²) in [6.07, 6.45) is 0. The van der Waals surface area contributed by atoms with Gasteiger partial charge in [-0.2, -0.15) is 0 Å². The molecular formula is C7H8N2O2. The van der Waals surface area contributed by atoms with Crippen molar-refractivity contribution in [3.05, 3.63) is 29.8 Å². The average Bonchev–Trinajstić information content (AvgIpc) is 2.04.